The van der Waals surface area contributed by atoms with E-state index in [1.54, 1.807) is 36.4 Å². The zero-order valence-corrected chi connectivity index (χ0v) is 16.0. The lowest BCUT2D eigenvalue weighted by Gasteiger charge is -2.12. The second-order valence-electron chi connectivity index (χ2n) is 6.24. The molecule has 0 atom stereocenters. The maximum Gasteiger partial charge on any atom is 0.255 e. The lowest BCUT2D eigenvalue weighted by molar-refractivity contribution is 0.102. The molecule has 1 amide bonds. The van der Waals surface area contributed by atoms with Crippen molar-refractivity contribution in [1.82, 2.24) is 0 Å². The van der Waals surface area contributed by atoms with Crippen molar-refractivity contribution in [3.63, 3.8) is 0 Å². The monoisotopic (exact) mass is 366 g/mol. The maximum absolute atomic E-state index is 12.6. The number of anilines is 1. The lowest BCUT2D eigenvalue weighted by atomic mass is 10.1. The molecule has 0 saturated carbocycles. The van der Waals surface area contributed by atoms with Gasteiger partial charge in [-0.15, -0.1) is 0 Å². The van der Waals surface area contributed by atoms with Crippen LogP contribution in [-0.2, 0) is 0 Å². The topological polar surface area (TPSA) is 71.3 Å². The fourth-order valence-corrected chi connectivity index (χ4v) is 2.76. The Morgan fingerprint density at radius 3 is 2.63 bits per heavy atom. The summed E-state index contributed by atoms with van der Waals surface area (Å²) in [6, 6.07) is 14.2. The van der Waals surface area contributed by atoms with Crippen molar-refractivity contribution < 1.29 is 14.3 Å². The summed E-state index contributed by atoms with van der Waals surface area (Å²) in [5, 5.41) is 12.0. The van der Waals surface area contributed by atoms with Crippen LogP contribution in [0.15, 0.2) is 42.5 Å². The SMILES string of the molecule is CCCCCCCOc1cccc(C(=O)Nc2cccc(C#N)c2OC)c1. The number of para-hydroxylation sites is 1. The molecular weight excluding hydrogens is 340 g/mol. The average molecular weight is 366 g/mol. The van der Waals surface area contributed by atoms with Crippen LogP contribution in [0.1, 0.15) is 54.9 Å². The Kier molecular flexibility index (Phi) is 8.18. The normalized spacial score (nSPS) is 10.1. The maximum atomic E-state index is 12.6. The first-order valence-corrected chi connectivity index (χ1v) is 9.31. The van der Waals surface area contributed by atoms with Crippen molar-refractivity contribution in [3.05, 3.63) is 53.6 Å². The number of unbranched alkanes of at least 4 members (excludes halogenated alkanes) is 4. The lowest BCUT2D eigenvalue weighted by Crippen LogP contribution is -2.13. The Bertz CT molecular complexity index is 796. The van der Waals surface area contributed by atoms with Crippen LogP contribution in [0.3, 0.4) is 0 Å². The number of nitriles is 1. The molecule has 27 heavy (non-hydrogen) atoms. The summed E-state index contributed by atoms with van der Waals surface area (Å²) in [5.74, 6) is 0.750. The molecule has 0 radical (unpaired) electrons. The van der Waals surface area contributed by atoms with Crippen LogP contribution in [0.5, 0.6) is 11.5 Å². The van der Waals surface area contributed by atoms with Gasteiger partial charge >= 0.3 is 0 Å². The average Bonchev–Trinajstić information content (AvgIpc) is 2.70. The van der Waals surface area contributed by atoms with Gasteiger partial charge in [0.25, 0.3) is 5.91 Å². The number of amides is 1. The Morgan fingerprint density at radius 2 is 1.89 bits per heavy atom. The molecule has 0 spiro atoms. The smallest absolute Gasteiger partial charge is 0.255 e. The number of hydrogen-bond donors (Lipinski definition) is 1. The van der Waals surface area contributed by atoms with Gasteiger partial charge in [-0.3, -0.25) is 4.79 Å². The molecule has 0 unspecified atom stereocenters. The third-order valence-electron chi connectivity index (χ3n) is 4.20. The van der Waals surface area contributed by atoms with Crippen LogP contribution in [0.2, 0.25) is 0 Å². The number of rotatable bonds is 10. The number of hydrogen-bond acceptors (Lipinski definition) is 4. The number of benzene rings is 2. The highest BCUT2D eigenvalue weighted by Gasteiger charge is 2.13. The summed E-state index contributed by atoms with van der Waals surface area (Å²) in [5.41, 5.74) is 1.32. The molecule has 0 saturated heterocycles. The van der Waals surface area contributed by atoms with Crippen LogP contribution < -0.4 is 14.8 Å². The van der Waals surface area contributed by atoms with Crippen molar-refractivity contribution in [1.29, 1.82) is 5.26 Å². The molecular formula is C22H26N2O3. The Labute approximate surface area is 160 Å². The first kappa shape index (κ1) is 20.3. The molecule has 142 valence electrons. The van der Waals surface area contributed by atoms with Crippen molar-refractivity contribution in [2.45, 2.75) is 39.0 Å². The molecule has 0 fully saturated rings. The van der Waals surface area contributed by atoms with Crippen LogP contribution >= 0.6 is 0 Å². The van der Waals surface area contributed by atoms with Crippen LogP contribution in [0, 0.1) is 11.3 Å². The highest BCUT2D eigenvalue weighted by Crippen LogP contribution is 2.28. The number of ether oxygens (including phenoxy) is 2. The minimum atomic E-state index is -0.281. The first-order valence-electron chi connectivity index (χ1n) is 9.31. The second-order valence-corrected chi connectivity index (χ2v) is 6.24. The van der Waals surface area contributed by atoms with E-state index < -0.39 is 0 Å². The molecule has 2 aromatic carbocycles. The third kappa shape index (κ3) is 6.03. The molecule has 2 aromatic rings. The number of nitrogens with one attached hydrogen (secondary N) is 1. The van der Waals surface area contributed by atoms with Crippen LogP contribution in [0.25, 0.3) is 0 Å². The molecule has 0 heterocycles. The van der Waals surface area contributed by atoms with Gasteiger partial charge in [0, 0.05) is 5.56 Å². The van der Waals surface area contributed by atoms with Gasteiger partial charge in [-0.05, 0) is 36.8 Å². The van der Waals surface area contributed by atoms with Gasteiger partial charge in [-0.25, -0.2) is 0 Å². The predicted octanol–water partition coefficient (Wildman–Crippen LogP) is 5.17. The number of carbonyl (C=O) groups excluding carboxylic acids is 1. The van der Waals surface area contributed by atoms with Crippen molar-refractivity contribution in [3.8, 4) is 17.6 Å². The van der Waals surface area contributed by atoms with Crippen molar-refractivity contribution in [2.24, 2.45) is 0 Å². The molecule has 5 heteroatoms. The minimum Gasteiger partial charge on any atom is -0.494 e. The van der Waals surface area contributed by atoms with Gasteiger partial charge in [0.05, 0.1) is 25.0 Å². The fraction of sp³-hybridized carbons (Fsp3) is 0.364. The van der Waals surface area contributed by atoms with Gasteiger partial charge < -0.3 is 14.8 Å². The number of methoxy groups -OCH3 is 1. The van der Waals surface area contributed by atoms with Gasteiger partial charge in [0.1, 0.15) is 11.8 Å². The van der Waals surface area contributed by atoms with E-state index >= 15 is 0 Å². The number of nitrogens with zero attached hydrogens (tertiary/aromatic N) is 1. The quantitative estimate of drug-likeness (QED) is 0.589. The predicted molar refractivity (Wildman–Crippen MR) is 106 cm³/mol. The molecule has 0 aliphatic carbocycles. The molecule has 0 aliphatic heterocycles. The summed E-state index contributed by atoms with van der Waals surface area (Å²) in [6.45, 7) is 2.84. The summed E-state index contributed by atoms with van der Waals surface area (Å²) >= 11 is 0. The molecule has 1 N–H and O–H groups in total. The molecule has 0 aliphatic rings. The van der Waals surface area contributed by atoms with Gasteiger partial charge in [0.2, 0.25) is 0 Å². The standard InChI is InChI=1S/C22H26N2O3/c1-3-4-5-6-7-14-27-19-12-8-10-17(15-19)22(25)24-20-13-9-11-18(16-23)21(20)26-2/h8-13,15H,3-7,14H2,1-2H3,(H,24,25). The number of carbonyl (C=O) groups is 1. The highest BCUT2D eigenvalue weighted by molar-refractivity contribution is 6.05. The molecule has 5 nitrogen and oxygen atoms in total. The van der Waals surface area contributed by atoms with Crippen LogP contribution in [0.4, 0.5) is 5.69 Å². The summed E-state index contributed by atoms with van der Waals surface area (Å²) < 4.78 is 11.0. The van der Waals surface area contributed by atoms with E-state index in [1.165, 1.54) is 26.4 Å². The van der Waals surface area contributed by atoms with E-state index in [-0.39, 0.29) is 5.91 Å². The van der Waals surface area contributed by atoms with E-state index in [9.17, 15) is 4.79 Å². The van der Waals surface area contributed by atoms with Crippen molar-refractivity contribution >= 4 is 11.6 Å². The Balaban J connectivity index is 1.98. The van der Waals surface area contributed by atoms with Crippen LogP contribution in [-0.4, -0.2) is 19.6 Å². The molecule has 0 bridgehead atoms. The highest BCUT2D eigenvalue weighted by atomic mass is 16.5. The third-order valence-corrected chi connectivity index (χ3v) is 4.20. The summed E-state index contributed by atoms with van der Waals surface area (Å²) in [7, 11) is 1.47. The van der Waals surface area contributed by atoms with E-state index in [0.29, 0.717) is 34.9 Å². The Morgan fingerprint density at radius 1 is 1.11 bits per heavy atom. The summed E-state index contributed by atoms with van der Waals surface area (Å²) in [4.78, 5) is 12.6. The van der Waals surface area contributed by atoms with Gasteiger partial charge in [0.15, 0.2) is 5.75 Å². The second kappa shape index (κ2) is 10.9. The largest absolute Gasteiger partial charge is 0.494 e. The van der Waals surface area contributed by atoms with E-state index in [1.807, 2.05) is 6.07 Å². The minimum absolute atomic E-state index is 0.281. The van der Waals surface area contributed by atoms with Gasteiger partial charge in [-0.2, -0.15) is 5.26 Å². The fourth-order valence-electron chi connectivity index (χ4n) is 2.76. The summed E-state index contributed by atoms with van der Waals surface area (Å²) in [6.07, 6.45) is 5.87. The van der Waals surface area contributed by atoms with E-state index in [0.717, 1.165) is 12.8 Å². The molecule has 0 aromatic heterocycles. The van der Waals surface area contributed by atoms with E-state index in [4.69, 9.17) is 14.7 Å². The first-order chi connectivity index (χ1) is 13.2. The zero-order valence-electron chi connectivity index (χ0n) is 16.0. The Hall–Kier alpha value is -3.00. The molecule has 2 rings (SSSR count). The van der Waals surface area contributed by atoms with Crippen molar-refractivity contribution in [2.75, 3.05) is 19.0 Å². The van der Waals surface area contributed by atoms with Gasteiger partial charge in [-0.1, -0.05) is 44.7 Å². The zero-order chi connectivity index (χ0) is 19.5. The van der Waals surface area contributed by atoms with E-state index in [2.05, 4.69) is 18.3 Å².